The van der Waals surface area contributed by atoms with E-state index in [4.69, 9.17) is 0 Å². The van der Waals surface area contributed by atoms with E-state index in [1.807, 2.05) is 0 Å². The van der Waals surface area contributed by atoms with Gasteiger partial charge >= 0.3 is 0 Å². The molecule has 1 heterocycles. The first-order valence-electron chi connectivity index (χ1n) is 4.79. The normalized spacial score (nSPS) is 24.9. The molecule has 0 aromatic heterocycles. The van der Waals surface area contributed by atoms with Gasteiger partial charge in [0.25, 0.3) is 6.43 Å². The summed E-state index contributed by atoms with van der Waals surface area (Å²) in [5.41, 5.74) is 0. The molecule has 1 unspecified atom stereocenters. The zero-order valence-electron chi connectivity index (χ0n) is 8.29. The monoisotopic (exact) mass is 243 g/mol. The van der Waals surface area contributed by atoms with Gasteiger partial charge in [-0.15, -0.1) is 0 Å². The maximum Gasteiger partial charge on any atom is 0.261 e. The second-order valence-electron chi connectivity index (χ2n) is 3.52. The van der Waals surface area contributed by atoms with Gasteiger partial charge in [0.05, 0.1) is 18.1 Å². The molecule has 0 aromatic rings. The van der Waals surface area contributed by atoms with Crippen LogP contribution in [0.3, 0.4) is 0 Å². The number of halogens is 2. The Morgan fingerprint density at radius 3 is 2.73 bits per heavy atom. The van der Waals surface area contributed by atoms with Crippen molar-refractivity contribution in [2.75, 3.05) is 31.3 Å². The van der Waals surface area contributed by atoms with E-state index in [1.54, 1.807) is 0 Å². The zero-order valence-corrected chi connectivity index (χ0v) is 9.10. The third kappa shape index (κ3) is 5.39. The van der Waals surface area contributed by atoms with E-state index in [0.29, 0.717) is 13.0 Å². The quantitative estimate of drug-likeness (QED) is 0.669. The standard InChI is InChI=1S/C8H15F2NO3S/c9-8(10)5-14-3-2-11-7-1-4-15(12,13)6-7/h7-8,11H,1-6H2. The lowest BCUT2D eigenvalue weighted by Gasteiger charge is -2.10. The van der Waals surface area contributed by atoms with Gasteiger partial charge in [0.1, 0.15) is 6.61 Å². The molecule has 7 heteroatoms. The molecule has 0 aromatic carbocycles. The van der Waals surface area contributed by atoms with Gasteiger partial charge in [-0.25, -0.2) is 17.2 Å². The molecule has 1 fully saturated rings. The molecular formula is C8H15F2NO3S. The molecule has 1 rings (SSSR count). The first-order chi connectivity index (χ1) is 6.99. The van der Waals surface area contributed by atoms with Gasteiger partial charge in [0.2, 0.25) is 0 Å². The van der Waals surface area contributed by atoms with Crippen molar-refractivity contribution in [1.29, 1.82) is 0 Å². The Kier molecular flexibility index (Phi) is 4.88. The van der Waals surface area contributed by atoms with E-state index < -0.39 is 22.9 Å². The molecule has 1 atom stereocenters. The number of ether oxygens (including phenoxy) is 1. The SMILES string of the molecule is O=S1(=O)CCC(NCCOCC(F)F)C1. The van der Waals surface area contributed by atoms with Gasteiger partial charge in [-0.05, 0) is 6.42 Å². The molecule has 0 saturated carbocycles. The van der Waals surface area contributed by atoms with Crippen LogP contribution >= 0.6 is 0 Å². The fourth-order valence-electron chi connectivity index (χ4n) is 1.46. The second-order valence-corrected chi connectivity index (χ2v) is 5.75. The maximum atomic E-state index is 11.6. The van der Waals surface area contributed by atoms with Crippen molar-refractivity contribution in [3.05, 3.63) is 0 Å². The van der Waals surface area contributed by atoms with Crippen LogP contribution in [0.25, 0.3) is 0 Å². The van der Waals surface area contributed by atoms with E-state index >= 15 is 0 Å². The van der Waals surface area contributed by atoms with Crippen molar-refractivity contribution in [1.82, 2.24) is 5.32 Å². The summed E-state index contributed by atoms with van der Waals surface area (Å²) >= 11 is 0. The molecule has 0 bridgehead atoms. The Hall–Kier alpha value is -0.270. The fraction of sp³-hybridized carbons (Fsp3) is 1.00. The molecule has 15 heavy (non-hydrogen) atoms. The summed E-state index contributed by atoms with van der Waals surface area (Å²) in [5, 5.41) is 2.96. The summed E-state index contributed by atoms with van der Waals surface area (Å²) in [4.78, 5) is 0. The molecule has 0 radical (unpaired) electrons. The highest BCUT2D eigenvalue weighted by Gasteiger charge is 2.26. The van der Waals surface area contributed by atoms with Crippen LogP contribution in [0.15, 0.2) is 0 Å². The van der Waals surface area contributed by atoms with E-state index in [0.717, 1.165) is 0 Å². The largest absolute Gasteiger partial charge is 0.374 e. The number of nitrogens with one attached hydrogen (secondary N) is 1. The molecule has 1 aliphatic heterocycles. The first-order valence-corrected chi connectivity index (χ1v) is 6.61. The molecule has 0 aliphatic carbocycles. The molecule has 1 saturated heterocycles. The van der Waals surface area contributed by atoms with Crippen LogP contribution in [0.5, 0.6) is 0 Å². The topological polar surface area (TPSA) is 55.4 Å². The summed E-state index contributed by atoms with van der Waals surface area (Å²) < 4.78 is 50.0. The Bertz CT molecular complexity index is 282. The van der Waals surface area contributed by atoms with E-state index in [-0.39, 0.29) is 24.2 Å². The molecule has 0 spiro atoms. The zero-order chi connectivity index (χ0) is 11.3. The molecule has 1 aliphatic rings. The first kappa shape index (κ1) is 12.8. The molecule has 0 amide bonds. The van der Waals surface area contributed by atoms with Crippen molar-refractivity contribution in [2.24, 2.45) is 0 Å². The fourth-order valence-corrected chi connectivity index (χ4v) is 3.17. The summed E-state index contributed by atoms with van der Waals surface area (Å²) in [6.07, 6.45) is -1.85. The van der Waals surface area contributed by atoms with Crippen LogP contribution in [-0.4, -0.2) is 52.1 Å². The van der Waals surface area contributed by atoms with Gasteiger partial charge in [0, 0.05) is 12.6 Å². The lowest BCUT2D eigenvalue weighted by molar-refractivity contribution is 0.0183. The highest BCUT2D eigenvalue weighted by molar-refractivity contribution is 7.91. The van der Waals surface area contributed by atoms with Gasteiger partial charge in [-0.1, -0.05) is 0 Å². The minimum Gasteiger partial charge on any atom is -0.374 e. The molecular weight excluding hydrogens is 228 g/mol. The second kappa shape index (κ2) is 5.72. The minimum absolute atomic E-state index is 0.0508. The van der Waals surface area contributed by atoms with Gasteiger partial charge in [-0.3, -0.25) is 0 Å². The highest BCUT2D eigenvalue weighted by atomic mass is 32.2. The smallest absolute Gasteiger partial charge is 0.261 e. The Labute approximate surface area is 87.9 Å². The third-order valence-electron chi connectivity index (χ3n) is 2.16. The van der Waals surface area contributed by atoms with Crippen LogP contribution in [0.1, 0.15) is 6.42 Å². The average molecular weight is 243 g/mol. The van der Waals surface area contributed by atoms with E-state index in [1.165, 1.54) is 0 Å². The van der Waals surface area contributed by atoms with E-state index in [9.17, 15) is 17.2 Å². The maximum absolute atomic E-state index is 11.6. The molecule has 90 valence electrons. The van der Waals surface area contributed by atoms with Crippen molar-refractivity contribution in [3.63, 3.8) is 0 Å². The Morgan fingerprint density at radius 1 is 1.47 bits per heavy atom. The van der Waals surface area contributed by atoms with Crippen molar-refractivity contribution < 1.29 is 21.9 Å². The Morgan fingerprint density at radius 2 is 2.20 bits per heavy atom. The van der Waals surface area contributed by atoms with Crippen LogP contribution in [0.2, 0.25) is 0 Å². The van der Waals surface area contributed by atoms with Gasteiger partial charge in [0.15, 0.2) is 9.84 Å². The molecule has 1 N–H and O–H groups in total. The van der Waals surface area contributed by atoms with Crippen LogP contribution in [0, 0.1) is 0 Å². The summed E-state index contributed by atoms with van der Waals surface area (Å²) in [7, 11) is -2.87. The van der Waals surface area contributed by atoms with Crippen LogP contribution in [0.4, 0.5) is 8.78 Å². The number of hydrogen-bond acceptors (Lipinski definition) is 4. The summed E-state index contributed by atoms with van der Waals surface area (Å²) in [5.74, 6) is 0.352. The Balaban J connectivity index is 2.02. The molecule has 4 nitrogen and oxygen atoms in total. The number of hydrogen-bond donors (Lipinski definition) is 1. The van der Waals surface area contributed by atoms with E-state index in [2.05, 4.69) is 10.1 Å². The average Bonchev–Trinajstić information content (AvgIpc) is 2.44. The third-order valence-corrected chi connectivity index (χ3v) is 3.92. The van der Waals surface area contributed by atoms with Gasteiger partial charge in [-0.2, -0.15) is 0 Å². The van der Waals surface area contributed by atoms with Crippen LogP contribution < -0.4 is 5.32 Å². The van der Waals surface area contributed by atoms with Crippen molar-refractivity contribution in [3.8, 4) is 0 Å². The predicted octanol–water partition coefficient (Wildman–Crippen LogP) is 0.0448. The lowest BCUT2D eigenvalue weighted by Crippen LogP contribution is -2.33. The number of alkyl halides is 2. The van der Waals surface area contributed by atoms with Crippen molar-refractivity contribution >= 4 is 9.84 Å². The number of sulfone groups is 1. The predicted molar refractivity (Wildman–Crippen MR) is 51.9 cm³/mol. The van der Waals surface area contributed by atoms with Crippen molar-refractivity contribution in [2.45, 2.75) is 18.9 Å². The minimum atomic E-state index is -2.87. The van der Waals surface area contributed by atoms with Crippen LogP contribution in [-0.2, 0) is 14.6 Å². The summed E-state index contributed by atoms with van der Waals surface area (Å²) in [6, 6.07) is -0.0508. The lowest BCUT2D eigenvalue weighted by atomic mass is 10.3. The summed E-state index contributed by atoms with van der Waals surface area (Å²) in [6.45, 7) is 0.0262. The number of rotatable bonds is 6. The highest BCUT2D eigenvalue weighted by Crippen LogP contribution is 2.10. The van der Waals surface area contributed by atoms with Gasteiger partial charge < -0.3 is 10.1 Å².